The molecule has 2 heterocycles. The van der Waals surface area contributed by atoms with Crippen LogP contribution < -0.4 is 10.9 Å². The summed E-state index contributed by atoms with van der Waals surface area (Å²) in [5.74, 6) is 0.0551. The van der Waals surface area contributed by atoms with Crippen LogP contribution in [0.3, 0.4) is 0 Å². The van der Waals surface area contributed by atoms with E-state index in [0.29, 0.717) is 40.6 Å². The van der Waals surface area contributed by atoms with Crippen LogP contribution in [0.1, 0.15) is 11.1 Å². The maximum atomic E-state index is 13.7. The van der Waals surface area contributed by atoms with Gasteiger partial charge in [-0.25, -0.2) is 4.39 Å². The van der Waals surface area contributed by atoms with E-state index in [0.717, 1.165) is 11.1 Å². The van der Waals surface area contributed by atoms with Gasteiger partial charge >= 0.3 is 0 Å². The molecule has 3 N–H and O–H groups in total. The van der Waals surface area contributed by atoms with Gasteiger partial charge in [0, 0.05) is 11.6 Å². The Hall–Kier alpha value is -4.60. The maximum Gasteiger partial charge on any atom is 0.271 e. The summed E-state index contributed by atoms with van der Waals surface area (Å²) in [5, 5.41) is 25.5. The van der Waals surface area contributed by atoms with Crippen LogP contribution in [0.4, 0.5) is 10.2 Å². The molecule has 0 radical (unpaired) electrons. The molecule has 0 amide bonds. The average Bonchev–Trinajstić information content (AvgIpc) is 3.37. The summed E-state index contributed by atoms with van der Waals surface area (Å²) in [5.41, 5.74) is 4.61. The van der Waals surface area contributed by atoms with Crippen molar-refractivity contribution in [3.05, 3.63) is 118 Å². The lowest BCUT2D eigenvalue weighted by Gasteiger charge is -2.18. The van der Waals surface area contributed by atoms with Gasteiger partial charge in [0.15, 0.2) is 5.82 Å². The number of benzene rings is 3. The summed E-state index contributed by atoms with van der Waals surface area (Å²) >= 11 is 0. The van der Waals surface area contributed by atoms with Crippen molar-refractivity contribution in [1.82, 2.24) is 20.0 Å². The third-order valence-electron chi connectivity index (χ3n) is 6.29. The minimum absolute atomic E-state index is 0.205. The zero-order valence-corrected chi connectivity index (χ0v) is 21.3. The number of H-pyrrole nitrogens is 1. The Morgan fingerprint density at radius 3 is 2.49 bits per heavy atom. The fourth-order valence-electron chi connectivity index (χ4n) is 4.27. The number of aliphatic hydroxyl groups excluding tert-OH is 1. The van der Waals surface area contributed by atoms with Gasteiger partial charge in [-0.05, 0) is 54.4 Å². The molecule has 2 aromatic heterocycles. The van der Waals surface area contributed by atoms with Gasteiger partial charge in [-0.3, -0.25) is 9.89 Å². The zero-order chi connectivity index (χ0) is 27.2. The van der Waals surface area contributed by atoms with E-state index in [-0.39, 0.29) is 24.6 Å². The van der Waals surface area contributed by atoms with E-state index in [4.69, 9.17) is 4.74 Å². The molecular weight excluding hydrogens is 497 g/mol. The van der Waals surface area contributed by atoms with Crippen molar-refractivity contribution in [2.45, 2.75) is 19.6 Å². The fraction of sp³-hybridized carbons (Fsp3) is 0.167. The molecule has 1 atom stereocenters. The van der Waals surface area contributed by atoms with Crippen LogP contribution in [0.25, 0.3) is 28.2 Å². The van der Waals surface area contributed by atoms with Crippen LogP contribution in [-0.2, 0) is 11.3 Å². The molecule has 0 aliphatic rings. The Morgan fingerprint density at radius 1 is 1.00 bits per heavy atom. The van der Waals surface area contributed by atoms with Crippen molar-refractivity contribution in [2.24, 2.45) is 0 Å². The zero-order valence-electron chi connectivity index (χ0n) is 21.3. The molecule has 0 bridgehead atoms. The number of hydrogen-bond acceptors (Lipinski definition) is 6. The second-order valence-corrected chi connectivity index (χ2v) is 9.11. The van der Waals surface area contributed by atoms with Crippen LogP contribution >= 0.6 is 0 Å². The van der Waals surface area contributed by atoms with Gasteiger partial charge in [0.2, 0.25) is 0 Å². The maximum absolute atomic E-state index is 13.7. The normalized spacial score (nSPS) is 11.9. The van der Waals surface area contributed by atoms with Gasteiger partial charge in [0.1, 0.15) is 5.82 Å². The van der Waals surface area contributed by atoms with Crippen LogP contribution in [0.5, 0.6) is 0 Å². The van der Waals surface area contributed by atoms with Gasteiger partial charge in [0.25, 0.3) is 5.56 Å². The minimum atomic E-state index is -0.473. The summed E-state index contributed by atoms with van der Waals surface area (Å²) in [6.45, 7) is 2.32. The molecule has 0 saturated heterocycles. The first kappa shape index (κ1) is 26.0. The number of ether oxygens (including phenoxy) is 1. The van der Waals surface area contributed by atoms with Gasteiger partial charge in [-0.1, -0.05) is 48.5 Å². The Morgan fingerprint density at radius 2 is 1.74 bits per heavy atom. The highest BCUT2D eigenvalue weighted by Crippen LogP contribution is 2.35. The van der Waals surface area contributed by atoms with Crippen molar-refractivity contribution in [3.63, 3.8) is 0 Å². The molecule has 0 unspecified atom stereocenters. The van der Waals surface area contributed by atoms with Crippen LogP contribution in [0.15, 0.2) is 95.8 Å². The lowest BCUT2D eigenvalue weighted by molar-refractivity contribution is 0.0950. The van der Waals surface area contributed by atoms with E-state index >= 15 is 0 Å². The molecular formula is C30H28FN5O3. The van der Waals surface area contributed by atoms with E-state index in [1.165, 1.54) is 22.9 Å². The summed E-state index contributed by atoms with van der Waals surface area (Å²) < 4.78 is 20.9. The Bertz CT molecular complexity index is 1600. The Kier molecular flexibility index (Phi) is 7.91. The number of aliphatic hydroxyl groups is 1. The highest BCUT2D eigenvalue weighted by Gasteiger charge is 2.22. The van der Waals surface area contributed by atoms with Crippen LogP contribution in [0, 0.1) is 12.7 Å². The van der Waals surface area contributed by atoms with E-state index in [1.54, 1.807) is 18.2 Å². The molecule has 0 aliphatic carbocycles. The molecule has 5 aromatic rings. The second-order valence-electron chi connectivity index (χ2n) is 9.11. The van der Waals surface area contributed by atoms with Crippen LogP contribution in [-0.4, -0.2) is 44.3 Å². The fourth-order valence-corrected chi connectivity index (χ4v) is 4.27. The SMILES string of the molecule is Cc1ccccc1-n1nc(-c2c(N[C@@H](CO)COCc3ccccc3)n[nH]c2-c2ccc(F)cc2)ccc1=O. The smallest absolute Gasteiger partial charge is 0.271 e. The van der Waals surface area contributed by atoms with E-state index in [9.17, 15) is 14.3 Å². The highest BCUT2D eigenvalue weighted by atomic mass is 19.1. The number of anilines is 1. The molecule has 0 saturated carbocycles. The molecule has 5 rings (SSSR count). The van der Waals surface area contributed by atoms with Crippen molar-refractivity contribution in [3.8, 4) is 28.2 Å². The standard InChI is InChI=1S/C30H28FN5O3/c1-20-7-5-6-10-26(20)36-27(38)16-15-25(35-36)28-29(22-11-13-23(31)14-12-22)33-34-30(28)32-24(17-37)19-39-18-21-8-3-2-4-9-21/h2-16,24,37H,17-19H2,1H3,(H2,32,33,34)/t24-/m0/s1. The number of hydrogen-bond donors (Lipinski definition) is 3. The largest absolute Gasteiger partial charge is 0.394 e. The predicted molar refractivity (Wildman–Crippen MR) is 148 cm³/mol. The first-order valence-corrected chi connectivity index (χ1v) is 12.5. The average molecular weight is 526 g/mol. The molecule has 0 spiro atoms. The van der Waals surface area contributed by atoms with Gasteiger partial charge in [-0.15, -0.1) is 0 Å². The van der Waals surface area contributed by atoms with E-state index in [1.807, 2.05) is 61.5 Å². The lowest BCUT2D eigenvalue weighted by Crippen LogP contribution is -2.29. The predicted octanol–water partition coefficient (Wildman–Crippen LogP) is 4.73. The second kappa shape index (κ2) is 11.8. The van der Waals surface area contributed by atoms with Gasteiger partial charge < -0.3 is 15.2 Å². The molecule has 198 valence electrons. The summed E-state index contributed by atoms with van der Waals surface area (Å²) in [7, 11) is 0. The number of aryl methyl sites for hydroxylation is 1. The number of nitrogens with zero attached hydrogens (tertiary/aromatic N) is 3. The van der Waals surface area contributed by atoms with Crippen molar-refractivity contribution < 1.29 is 14.2 Å². The highest BCUT2D eigenvalue weighted by molar-refractivity contribution is 5.87. The van der Waals surface area contributed by atoms with Crippen LogP contribution in [0.2, 0.25) is 0 Å². The molecule has 0 aliphatic heterocycles. The number of nitrogens with one attached hydrogen (secondary N) is 2. The number of aromatic nitrogens is 4. The lowest BCUT2D eigenvalue weighted by atomic mass is 10.0. The first-order chi connectivity index (χ1) is 19.0. The molecule has 3 aromatic carbocycles. The number of rotatable bonds is 10. The molecule has 9 heteroatoms. The first-order valence-electron chi connectivity index (χ1n) is 12.5. The van der Waals surface area contributed by atoms with Crippen molar-refractivity contribution in [1.29, 1.82) is 0 Å². The quantitative estimate of drug-likeness (QED) is 0.244. The van der Waals surface area contributed by atoms with Crippen molar-refractivity contribution in [2.75, 3.05) is 18.5 Å². The molecule has 8 nitrogen and oxygen atoms in total. The Balaban J connectivity index is 1.51. The van der Waals surface area contributed by atoms with E-state index in [2.05, 4.69) is 20.6 Å². The monoisotopic (exact) mass is 525 g/mol. The number of halogens is 1. The topological polar surface area (TPSA) is 105 Å². The summed E-state index contributed by atoms with van der Waals surface area (Å²) in [4.78, 5) is 12.8. The number of aromatic amines is 1. The summed E-state index contributed by atoms with van der Waals surface area (Å²) in [6.07, 6.45) is 0. The Labute approximate surface area is 224 Å². The van der Waals surface area contributed by atoms with E-state index < -0.39 is 6.04 Å². The third kappa shape index (κ3) is 5.95. The third-order valence-corrected chi connectivity index (χ3v) is 6.29. The minimum Gasteiger partial charge on any atom is -0.394 e. The molecule has 39 heavy (non-hydrogen) atoms. The number of para-hydroxylation sites is 1. The van der Waals surface area contributed by atoms with Crippen molar-refractivity contribution >= 4 is 5.82 Å². The van der Waals surface area contributed by atoms with Gasteiger partial charge in [0.05, 0.1) is 48.5 Å². The van der Waals surface area contributed by atoms with Gasteiger partial charge in [-0.2, -0.15) is 14.9 Å². The summed E-state index contributed by atoms with van der Waals surface area (Å²) in [6, 6.07) is 25.8. The molecule has 0 fully saturated rings.